The Labute approximate surface area is 117 Å². The van der Waals surface area contributed by atoms with E-state index in [1.54, 1.807) is 18.2 Å². The van der Waals surface area contributed by atoms with Gasteiger partial charge in [0.15, 0.2) is 14.6 Å². The Morgan fingerprint density at radius 3 is 2.53 bits per heavy atom. The molecule has 19 heavy (non-hydrogen) atoms. The second kappa shape index (κ2) is 4.21. The Morgan fingerprint density at radius 2 is 1.84 bits per heavy atom. The smallest absolute Gasteiger partial charge is 0.246 e. The molecule has 4 nitrogen and oxygen atoms in total. The first-order valence-corrected chi connectivity index (χ1v) is 8.20. The molecule has 1 aromatic carbocycles. The lowest BCUT2D eigenvalue weighted by molar-refractivity contribution is -0.119. The number of nitrogens with one attached hydrogen (secondary N) is 1. The van der Waals surface area contributed by atoms with Gasteiger partial charge in [-0.2, -0.15) is 0 Å². The van der Waals surface area contributed by atoms with Crippen molar-refractivity contribution in [2.75, 3.05) is 5.32 Å². The van der Waals surface area contributed by atoms with Crippen molar-refractivity contribution in [1.82, 2.24) is 0 Å². The Hall–Kier alpha value is -1.07. The molecular formula is C13H14ClNO3S. The summed E-state index contributed by atoms with van der Waals surface area (Å²) in [5.41, 5.74) is 0.300. The van der Waals surface area contributed by atoms with E-state index >= 15 is 0 Å². The first-order valence-electron chi connectivity index (χ1n) is 6.34. The fraction of sp³-hybridized carbons (Fsp3) is 0.462. The van der Waals surface area contributed by atoms with Crippen LogP contribution in [-0.4, -0.2) is 19.1 Å². The quantitative estimate of drug-likeness (QED) is 0.801. The minimum Gasteiger partial charge on any atom is -0.323 e. The number of fused-ring (bicyclic) bond motifs is 1. The maximum Gasteiger partial charge on any atom is 0.246 e. The van der Waals surface area contributed by atoms with Gasteiger partial charge in [0, 0.05) is 0 Å². The molecule has 102 valence electrons. The lowest BCUT2D eigenvalue weighted by atomic mass is 9.87. The summed E-state index contributed by atoms with van der Waals surface area (Å²) < 4.78 is 24.4. The molecule has 0 bridgehead atoms. The van der Waals surface area contributed by atoms with Crippen LogP contribution in [0.2, 0.25) is 5.02 Å². The number of hydrogen-bond donors (Lipinski definition) is 1. The SMILES string of the molecule is O=C1Nc2cccc(Cl)c2S(=O)(=O)C12CCCCC2. The van der Waals surface area contributed by atoms with Crippen LogP contribution in [0.15, 0.2) is 23.1 Å². The highest BCUT2D eigenvalue weighted by Gasteiger charge is 2.55. The van der Waals surface area contributed by atoms with Crippen molar-refractivity contribution in [3.63, 3.8) is 0 Å². The summed E-state index contributed by atoms with van der Waals surface area (Å²) >= 11 is 6.05. The molecule has 6 heteroatoms. The molecule has 1 saturated carbocycles. The van der Waals surface area contributed by atoms with Crippen LogP contribution in [0.4, 0.5) is 5.69 Å². The number of halogens is 1. The molecule has 0 saturated heterocycles. The molecule has 2 aliphatic rings. The third-order valence-corrected chi connectivity index (χ3v) is 7.10. The summed E-state index contributed by atoms with van der Waals surface area (Å²) in [7, 11) is -3.73. The lowest BCUT2D eigenvalue weighted by Gasteiger charge is -2.39. The molecule has 1 aliphatic carbocycles. The largest absolute Gasteiger partial charge is 0.323 e. The fourth-order valence-corrected chi connectivity index (χ4v) is 5.78. The number of carbonyl (C=O) groups is 1. The van der Waals surface area contributed by atoms with Crippen LogP contribution in [0.25, 0.3) is 0 Å². The first kappa shape index (κ1) is 12.9. The van der Waals surface area contributed by atoms with Crippen molar-refractivity contribution in [3.8, 4) is 0 Å². The molecule has 1 amide bonds. The van der Waals surface area contributed by atoms with E-state index in [1.807, 2.05) is 0 Å². The zero-order chi connectivity index (χ0) is 13.7. The van der Waals surface area contributed by atoms with Gasteiger partial charge in [-0.15, -0.1) is 0 Å². The van der Waals surface area contributed by atoms with Gasteiger partial charge in [0.25, 0.3) is 0 Å². The van der Waals surface area contributed by atoms with Gasteiger partial charge in [0.1, 0.15) is 4.90 Å². The maximum absolute atomic E-state index is 12.9. The highest BCUT2D eigenvalue weighted by Crippen LogP contribution is 2.47. The van der Waals surface area contributed by atoms with E-state index in [9.17, 15) is 13.2 Å². The van der Waals surface area contributed by atoms with Crippen LogP contribution in [0.5, 0.6) is 0 Å². The van der Waals surface area contributed by atoms with Crippen molar-refractivity contribution in [1.29, 1.82) is 0 Å². The number of amides is 1. The third-order valence-electron chi connectivity index (χ3n) is 4.07. The summed E-state index contributed by atoms with van der Waals surface area (Å²) in [4.78, 5) is 12.4. The first-order chi connectivity index (χ1) is 8.99. The van der Waals surface area contributed by atoms with Crippen LogP contribution in [0.1, 0.15) is 32.1 Å². The molecule has 1 aromatic rings. The summed E-state index contributed by atoms with van der Waals surface area (Å²) in [6, 6.07) is 4.76. The number of hydrogen-bond acceptors (Lipinski definition) is 3. The molecule has 0 radical (unpaired) electrons. The third kappa shape index (κ3) is 1.64. The van der Waals surface area contributed by atoms with Gasteiger partial charge in [0.05, 0.1) is 10.7 Å². The molecule has 1 aliphatic heterocycles. The number of rotatable bonds is 0. The average molecular weight is 300 g/mol. The van der Waals surface area contributed by atoms with Gasteiger partial charge in [-0.05, 0) is 25.0 Å². The Morgan fingerprint density at radius 1 is 1.16 bits per heavy atom. The van der Waals surface area contributed by atoms with E-state index in [1.165, 1.54) is 0 Å². The summed E-state index contributed by atoms with van der Waals surface area (Å²) in [6.45, 7) is 0. The lowest BCUT2D eigenvalue weighted by Crippen LogP contribution is -2.53. The Kier molecular flexibility index (Phi) is 2.87. The van der Waals surface area contributed by atoms with Gasteiger partial charge in [-0.3, -0.25) is 4.79 Å². The van der Waals surface area contributed by atoms with Crippen LogP contribution < -0.4 is 5.32 Å². The number of carbonyl (C=O) groups excluding carboxylic acids is 1. The monoisotopic (exact) mass is 299 g/mol. The molecule has 0 aromatic heterocycles. The van der Waals surface area contributed by atoms with Crippen molar-refractivity contribution in [2.45, 2.75) is 41.7 Å². The standard InChI is InChI=1S/C13H14ClNO3S/c14-9-5-4-6-10-11(9)19(17,18)13(12(16)15-10)7-2-1-3-8-13/h4-6H,1-3,7-8H2,(H,15,16). The highest BCUT2D eigenvalue weighted by atomic mass is 35.5. The number of sulfone groups is 1. The minimum absolute atomic E-state index is 0.0816. The zero-order valence-corrected chi connectivity index (χ0v) is 11.9. The molecule has 1 spiro atoms. The van der Waals surface area contributed by atoms with E-state index in [2.05, 4.69) is 5.32 Å². The number of benzene rings is 1. The van der Waals surface area contributed by atoms with Crippen molar-refractivity contribution in [3.05, 3.63) is 23.2 Å². The zero-order valence-electron chi connectivity index (χ0n) is 10.3. The van der Waals surface area contributed by atoms with E-state index in [-0.39, 0.29) is 9.92 Å². The van der Waals surface area contributed by atoms with E-state index < -0.39 is 20.5 Å². The molecule has 1 N–H and O–H groups in total. The maximum atomic E-state index is 12.9. The molecular weight excluding hydrogens is 286 g/mol. The van der Waals surface area contributed by atoms with Gasteiger partial charge in [-0.1, -0.05) is 36.9 Å². The van der Waals surface area contributed by atoms with E-state index in [4.69, 9.17) is 11.6 Å². The van der Waals surface area contributed by atoms with E-state index in [0.717, 1.165) is 19.3 Å². The fourth-order valence-electron chi connectivity index (χ4n) is 3.05. The predicted molar refractivity (Wildman–Crippen MR) is 73.1 cm³/mol. The van der Waals surface area contributed by atoms with Gasteiger partial charge in [0.2, 0.25) is 5.91 Å². The summed E-state index contributed by atoms with van der Waals surface area (Å²) in [6.07, 6.45) is 3.25. The van der Waals surface area contributed by atoms with Crippen molar-refractivity contribution >= 4 is 33.0 Å². The Bertz CT molecular complexity index is 648. The molecule has 0 atom stereocenters. The van der Waals surface area contributed by atoms with Gasteiger partial charge >= 0.3 is 0 Å². The topological polar surface area (TPSA) is 63.2 Å². The van der Waals surface area contributed by atoms with Crippen LogP contribution >= 0.6 is 11.6 Å². The average Bonchev–Trinajstić information content (AvgIpc) is 2.37. The van der Waals surface area contributed by atoms with E-state index in [0.29, 0.717) is 18.5 Å². The summed E-state index contributed by atoms with van der Waals surface area (Å²) in [5, 5.41) is 2.90. The van der Waals surface area contributed by atoms with Crippen LogP contribution in [0, 0.1) is 0 Å². The highest BCUT2D eigenvalue weighted by molar-refractivity contribution is 7.94. The van der Waals surface area contributed by atoms with Gasteiger partial charge < -0.3 is 5.32 Å². The minimum atomic E-state index is -3.73. The second-order valence-corrected chi connectivity index (χ2v) is 7.73. The molecule has 1 fully saturated rings. The molecule has 1 heterocycles. The predicted octanol–water partition coefficient (Wildman–Crippen LogP) is 2.77. The van der Waals surface area contributed by atoms with Gasteiger partial charge in [-0.25, -0.2) is 8.42 Å². The summed E-state index contributed by atoms with van der Waals surface area (Å²) in [5.74, 6) is -0.401. The Balaban J connectivity index is 2.27. The van der Waals surface area contributed by atoms with Crippen LogP contribution in [-0.2, 0) is 14.6 Å². The number of anilines is 1. The van der Waals surface area contributed by atoms with Crippen molar-refractivity contribution < 1.29 is 13.2 Å². The second-order valence-electron chi connectivity index (χ2n) is 5.13. The normalized spacial score (nSPS) is 23.7. The van der Waals surface area contributed by atoms with Crippen LogP contribution in [0.3, 0.4) is 0 Å². The molecule has 0 unspecified atom stereocenters. The molecule has 3 rings (SSSR count). The van der Waals surface area contributed by atoms with Crippen molar-refractivity contribution in [2.24, 2.45) is 0 Å².